The van der Waals surface area contributed by atoms with Crippen LogP contribution in [0, 0.1) is 0 Å². The Morgan fingerprint density at radius 3 is 1.48 bits per heavy atom. The van der Waals surface area contributed by atoms with Gasteiger partial charge in [-0.05, 0) is 77.0 Å². The first-order valence-corrected chi connectivity index (χ1v) is 25.1. The minimum atomic E-state index is -4.65. The fourth-order valence-corrected chi connectivity index (χ4v) is 6.77. The van der Waals surface area contributed by atoms with E-state index in [4.69, 9.17) is 18.5 Å². The molecule has 0 aromatic heterocycles. The topological polar surface area (TPSA) is 111 Å². The molecule has 0 saturated carbocycles. The van der Waals surface area contributed by atoms with Gasteiger partial charge in [0, 0.05) is 12.8 Å². The normalized spacial score (nSPS) is 14.2. The number of likely N-dealkylation sites (N-methyl/N-ethyl adjacent to an activating group) is 1. The molecule has 0 rings (SSSR count). The van der Waals surface area contributed by atoms with Crippen LogP contribution in [0.2, 0.25) is 0 Å². The number of ether oxygens (including phenoxy) is 2. The molecule has 9 nitrogen and oxygen atoms in total. The maximum Gasteiger partial charge on any atom is 0.306 e. The molecule has 0 aromatic carbocycles. The van der Waals surface area contributed by atoms with Gasteiger partial charge in [0.1, 0.15) is 19.8 Å². The molecule has 2 atom stereocenters. The number of quaternary nitrogens is 1. The van der Waals surface area contributed by atoms with Crippen LogP contribution in [0.15, 0.2) is 72.9 Å². The van der Waals surface area contributed by atoms with Crippen LogP contribution in [0.5, 0.6) is 0 Å². The summed E-state index contributed by atoms with van der Waals surface area (Å²) in [5.74, 6) is -0.911. The largest absolute Gasteiger partial charge is 0.756 e. The van der Waals surface area contributed by atoms with E-state index in [1.807, 2.05) is 27.2 Å². The molecule has 0 fully saturated rings. The van der Waals surface area contributed by atoms with E-state index in [1.165, 1.54) is 77.0 Å². The summed E-state index contributed by atoms with van der Waals surface area (Å²) >= 11 is 0. The minimum absolute atomic E-state index is 0.0453. The van der Waals surface area contributed by atoms with Crippen molar-refractivity contribution in [1.82, 2.24) is 0 Å². The predicted octanol–water partition coefficient (Wildman–Crippen LogP) is 13.2. The summed E-state index contributed by atoms with van der Waals surface area (Å²) in [6.45, 7) is 4.04. The van der Waals surface area contributed by atoms with E-state index < -0.39 is 32.5 Å². The highest BCUT2D eigenvalue weighted by Gasteiger charge is 2.21. The van der Waals surface area contributed by atoms with E-state index in [0.717, 1.165) is 57.8 Å². The quantitative estimate of drug-likeness (QED) is 0.0196. The second kappa shape index (κ2) is 41.8. The highest BCUT2D eigenvalue weighted by molar-refractivity contribution is 7.45. The Bertz CT molecular complexity index is 1250. The zero-order chi connectivity index (χ0) is 44.3. The summed E-state index contributed by atoms with van der Waals surface area (Å²) in [7, 11) is 1.12. The smallest absolute Gasteiger partial charge is 0.306 e. The third kappa shape index (κ3) is 45.0. The van der Waals surface area contributed by atoms with Crippen molar-refractivity contribution in [2.75, 3.05) is 47.5 Å². The maximum absolute atomic E-state index is 12.7. The number of rotatable bonds is 42. The zero-order valence-corrected chi connectivity index (χ0v) is 39.8. The molecule has 0 spiro atoms. The van der Waals surface area contributed by atoms with Crippen LogP contribution < -0.4 is 4.89 Å². The third-order valence-electron chi connectivity index (χ3n) is 9.71. The number of hydrogen-bond donors (Lipinski definition) is 0. The van der Waals surface area contributed by atoms with Crippen molar-refractivity contribution < 1.29 is 42.1 Å². The minimum Gasteiger partial charge on any atom is -0.756 e. The number of nitrogens with zero attached hydrogens (tertiary/aromatic N) is 1. The molecule has 346 valence electrons. The number of unbranched alkanes of at least 4 members (excludes halogenated alkanes) is 16. The van der Waals surface area contributed by atoms with Crippen LogP contribution in [0.3, 0.4) is 0 Å². The number of phosphoric acid groups is 1. The molecule has 10 heteroatoms. The monoisotopic (exact) mass is 862 g/mol. The standard InChI is InChI=1S/C50H88NO8P/c1-6-8-10-12-14-16-18-20-22-24-25-27-28-30-32-34-36-38-40-42-49(52)56-46-48(47-58-60(54,55)57-45-44-51(3,4)5)59-50(53)43-41-39-37-35-33-31-29-26-23-21-19-17-15-13-11-9-7-2/h9,11,15,17,21,23-25,29,31,35,37,48H,6-8,10,12-14,16,18-20,22,26-28,30,32-34,36,38-47H2,1-5H3/b11-9-,17-15-,23-21-,25-24-,31-29-,37-35-/t48-/m1/s1. The lowest BCUT2D eigenvalue weighted by Gasteiger charge is -2.28. The molecule has 0 aliphatic rings. The number of esters is 2. The summed E-state index contributed by atoms with van der Waals surface area (Å²) in [5, 5.41) is 0. The van der Waals surface area contributed by atoms with Crippen LogP contribution in [0.4, 0.5) is 0 Å². The highest BCUT2D eigenvalue weighted by atomic mass is 31.2. The summed E-state index contributed by atoms with van der Waals surface area (Å²) in [6, 6.07) is 0. The summed E-state index contributed by atoms with van der Waals surface area (Å²) in [4.78, 5) is 37.6. The number of hydrogen-bond acceptors (Lipinski definition) is 8. The second-order valence-corrected chi connectivity index (χ2v) is 18.1. The van der Waals surface area contributed by atoms with Crippen LogP contribution in [-0.2, 0) is 32.7 Å². The van der Waals surface area contributed by atoms with E-state index in [1.54, 1.807) is 0 Å². The third-order valence-corrected chi connectivity index (χ3v) is 10.7. The molecule has 0 bridgehead atoms. The maximum atomic E-state index is 12.7. The Morgan fingerprint density at radius 1 is 0.533 bits per heavy atom. The first-order valence-electron chi connectivity index (χ1n) is 23.6. The lowest BCUT2D eigenvalue weighted by atomic mass is 10.1. The van der Waals surface area contributed by atoms with Crippen LogP contribution in [0.25, 0.3) is 0 Å². The van der Waals surface area contributed by atoms with Gasteiger partial charge in [-0.2, -0.15) is 0 Å². The van der Waals surface area contributed by atoms with E-state index in [0.29, 0.717) is 30.3 Å². The zero-order valence-electron chi connectivity index (χ0n) is 38.9. The summed E-state index contributed by atoms with van der Waals surface area (Å²) in [5.41, 5.74) is 0. The molecule has 0 heterocycles. The predicted molar refractivity (Wildman–Crippen MR) is 249 cm³/mol. The van der Waals surface area contributed by atoms with E-state index in [-0.39, 0.29) is 26.1 Å². The van der Waals surface area contributed by atoms with E-state index in [2.05, 4.69) is 80.7 Å². The van der Waals surface area contributed by atoms with Crippen LogP contribution >= 0.6 is 7.82 Å². The number of carbonyl (C=O) groups is 2. The molecular weight excluding hydrogens is 774 g/mol. The Morgan fingerprint density at radius 2 is 0.967 bits per heavy atom. The van der Waals surface area contributed by atoms with Gasteiger partial charge in [-0.1, -0.05) is 164 Å². The Kier molecular flexibility index (Phi) is 40.0. The lowest BCUT2D eigenvalue weighted by Crippen LogP contribution is -2.37. The van der Waals surface area contributed by atoms with Gasteiger partial charge in [-0.25, -0.2) is 0 Å². The van der Waals surface area contributed by atoms with Gasteiger partial charge in [-0.3, -0.25) is 14.2 Å². The van der Waals surface area contributed by atoms with Crippen LogP contribution in [-0.4, -0.2) is 70.0 Å². The molecule has 0 saturated heterocycles. The molecule has 0 amide bonds. The van der Waals surface area contributed by atoms with Crippen molar-refractivity contribution >= 4 is 19.8 Å². The van der Waals surface area contributed by atoms with Gasteiger partial charge in [0.15, 0.2) is 6.10 Å². The van der Waals surface area contributed by atoms with Crippen molar-refractivity contribution in [1.29, 1.82) is 0 Å². The number of phosphoric ester groups is 1. The van der Waals surface area contributed by atoms with Crippen molar-refractivity contribution in [3.05, 3.63) is 72.9 Å². The van der Waals surface area contributed by atoms with Gasteiger partial charge < -0.3 is 27.9 Å². The van der Waals surface area contributed by atoms with E-state index >= 15 is 0 Å². The SMILES string of the molecule is CC/C=C\C/C=C\C/C=C\C/C=C\C/C=C\CCCC(=O)O[C@H](COC(=O)CCCCCCCCC/C=C\CCCCCCCCCC)COP(=O)([O-])OCC[N+](C)(C)C. The van der Waals surface area contributed by atoms with E-state index in [9.17, 15) is 19.0 Å². The average molecular weight is 862 g/mol. The molecular formula is C50H88NO8P. The fourth-order valence-electron chi connectivity index (χ4n) is 6.04. The van der Waals surface area contributed by atoms with Gasteiger partial charge in [0.2, 0.25) is 0 Å². The molecule has 1 unspecified atom stereocenters. The fraction of sp³-hybridized carbons (Fsp3) is 0.720. The second-order valence-electron chi connectivity index (χ2n) is 16.7. The van der Waals surface area contributed by atoms with Gasteiger partial charge in [-0.15, -0.1) is 0 Å². The Labute approximate surface area is 368 Å². The molecule has 60 heavy (non-hydrogen) atoms. The number of carbonyl (C=O) groups excluding carboxylic acids is 2. The van der Waals surface area contributed by atoms with Gasteiger partial charge >= 0.3 is 11.9 Å². The van der Waals surface area contributed by atoms with Crippen molar-refractivity contribution in [3.63, 3.8) is 0 Å². The van der Waals surface area contributed by atoms with Gasteiger partial charge in [0.25, 0.3) is 7.82 Å². The molecule has 0 radical (unpaired) electrons. The van der Waals surface area contributed by atoms with Crippen molar-refractivity contribution in [2.24, 2.45) is 0 Å². The first kappa shape index (κ1) is 57.4. The highest BCUT2D eigenvalue weighted by Crippen LogP contribution is 2.38. The Hall–Kier alpha value is -2.55. The lowest BCUT2D eigenvalue weighted by molar-refractivity contribution is -0.870. The molecule has 0 aromatic rings. The van der Waals surface area contributed by atoms with Crippen molar-refractivity contribution in [3.8, 4) is 0 Å². The molecule has 0 aliphatic carbocycles. The Balaban J connectivity index is 4.41. The van der Waals surface area contributed by atoms with Crippen molar-refractivity contribution in [2.45, 2.75) is 187 Å². The van der Waals surface area contributed by atoms with Gasteiger partial charge in [0.05, 0.1) is 27.7 Å². The molecule has 0 aliphatic heterocycles. The molecule has 0 N–H and O–H groups in total. The number of allylic oxidation sites excluding steroid dienone is 12. The first-order chi connectivity index (χ1) is 29.0. The van der Waals surface area contributed by atoms with Crippen LogP contribution in [0.1, 0.15) is 181 Å². The summed E-state index contributed by atoms with van der Waals surface area (Å²) in [6.07, 6.45) is 52.3. The average Bonchev–Trinajstić information content (AvgIpc) is 3.20. The summed E-state index contributed by atoms with van der Waals surface area (Å²) < 4.78 is 33.9.